The molecular formula is C14H18N6O. The Bertz CT molecular complexity index is 638. The van der Waals surface area contributed by atoms with Crippen molar-refractivity contribution in [2.45, 2.75) is 26.4 Å². The Morgan fingerprint density at radius 3 is 3.19 bits per heavy atom. The minimum Gasteiger partial charge on any atom is -0.384 e. The van der Waals surface area contributed by atoms with E-state index in [1.54, 1.807) is 23.6 Å². The summed E-state index contributed by atoms with van der Waals surface area (Å²) in [6.45, 7) is 4.80. The average Bonchev–Trinajstić information content (AvgIpc) is 3.00. The molecular weight excluding hydrogens is 268 g/mol. The molecule has 0 bridgehead atoms. The second-order valence-electron chi connectivity index (χ2n) is 5.02. The van der Waals surface area contributed by atoms with Gasteiger partial charge >= 0.3 is 0 Å². The van der Waals surface area contributed by atoms with E-state index in [-0.39, 0.29) is 5.91 Å². The highest BCUT2D eigenvalue weighted by Gasteiger charge is 2.24. The summed E-state index contributed by atoms with van der Waals surface area (Å²) in [6, 6.07) is 1.84. The van der Waals surface area contributed by atoms with E-state index in [4.69, 9.17) is 0 Å². The van der Waals surface area contributed by atoms with Gasteiger partial charge in [-0.2, -0.15) is 0 Å². The molecule has 1 amide bonds. The largest absolute Gasteiger partial charge is 0.384 e. The summed E-state index contributed by atoms with van der Waals surface area (Å²) >= 11 is 0. The van der Waals surface area contributed by atoms with Crippen molar-refractivity contribution >= 4 is 11.6 Å². The molecule has 7 heteroatoms. The fourth-order valence-corrected chi connectivity index (χ4v) is 2.39. The molecule has 2 aromatic rings. The summed E-state index contributed by atoms with van der Waals surface area (Å²) in [5, 5.41) is 11.2. The fraction of sp³-hybridized carbons (Fsp3) is 0.429. The summed E-state index contributed by atoms with van der Waals surface area (Å²) in [5.41, 5.74) is 1.45. The number of nitrogens with zero attached hydrogens (tertiary/aromatic N) is 5. The lowest BCUT2D eigenvalue weighted by Gasteiger charge is -2.27. The molecule has 0 radical (unpaired) electrons. The van der Waals surface area contributed by atoms with Crippen LogP contribution >= 0.6 is 0 Å². The molecule has 0 fully saturated rings. The van der Waals surface area contributed by atoms with E-state index in [2.05, 4.69) is 27.4 Å². The third-order valence-corrected chi connectivity index (χ3v) is 3.54. The highest BCUT2D eigenvalue weighted by molar-refractivity contribution is 5.99. The van der Waals surface area contributed by atoms with Crippen molar-refractivity contribution < 1.29 is 4.79 Å². The predicted molar refractivity (Wildman–Crippen MR) is 77.8 cm³/mol. The monoisotopic (exact) mass is 286 g/mol. The molecule has 1 aliphatic rings. The zero-order valence-electron chi connectivity index (χ0n) is 12.0. The van der Waals surface area contributed by atoms with Gasteiger partial charge in [0, 0.05) is 32.0 Å². The van der Waals surface area contributed by atoms with Crippen molar-refractivity contribution in [1.82, 2.24) is 24.6 Å². The first-order chi connectivity index (χ1) is 10.3. The van der Waals surface area contributed by atoms with Gasteiger partial charge < -0.3 is 14.8 Å². The molecule has 3 heterocycles. The molecule has 1 aliphatic heterocycles. The van der Waals surface area contributed by atoms with E-state index in [1.165, 1.54) is 0 Å². The normalized spacial score (nSPS) is 13.9. The van der Waals surface area contributed by atoms with Gasteiger partial charge in [-0.3, -0.25) is 9.78 Å². The molecule has 0 spiro atoms. The number of amides is 1. The van der Waals surface area contributed by atoms with E-state index >= 15 is 0 Å². The molecule has 0 saturated heterocycles. The average molecular weight is 286 g/mol. The van der Waals surface area contributed by atoms with Crippen molar-refractivity contribution in [3.05, 3.63) is 36.2 Å². The Kier molecular flexibility index (Phi) is 3.81. The SMILES string of the molecule is CCCNc1ccncc1C(=O)N1CCn2cnnc2C1. The minimum absolute atomic E-state index is 0.0176. The van der Waals surface area contributed by atoms with E-state index in [9.17, 15) is 4.79 Å². The van der Waals surface area contributed by atoms with E-state index in [0.717, 1.165) is 31.0 Å². The molecule has 0 aromatic carbocycles. The second-order valence-corrected chi connectivity index (χ2v) is 5.02. The minimum atomic E-state index is -0.0176. The van der Waals surface area contributed by atoms with Gasteiger partial charge in [0.15, 0.2) is 5.82 Å². The molecule has 1 N–H and O–H groups in total. The van der Waals surface area contributed by atoms with E-state index in [1.807, 2.05) is 10.6 Å². The second kappa shape index (κ2) is 5.90. The van der Waals surface area contributed by atoms with Crippen LogP contribution in [0.5, 0.6) is 0 Å². The molecule has 7 nitrogen and oxygen atoms in total. The number of rotatable bonds is 4. The Labute approximate surface area is 123 Å². The standard InChI is InChI=1S/C14H18N6O/c1-2-4-16-12-3-5-15-8-11(12)14(21)19-6-7-20-10-17-18-13(20)9-19/h3,5,8,10H,2,4,6-7,9H2,1H3,(H,15,16). The van der Waals surface area contributed by atoms with Gasteiger partial charge in [0.1, 0.15) is 6.33 Å². The van der Waals surface area contributed by atoms with Crippen molar-refractivity contribution in [3.63, 3.8) is 0 Å². The van der Waals surface area contributed by atoms with Gasteiger partial charge in [-0.05, 0) is 12.5 Å². The van der Waals surface area contributed by atoms with Crippen LogP contribution in [0.25, 0.3) is 0 Å². The van der Waals surface area contributed by atoms with Gasteiger partial charge in [-0.15, -0.1) is 10.2 Å². The van der Waals surface area contributed by atoms with Crippen LogP contribution in [0.2, 0.25) is 0 Å². The first kappa shape index (κ1) is 13.5. The number of anilines is 1. The van der Waals surface area contributed by atoms with Crippen molar-refractivity contribution in [1.29, 1.82) is 0 Å². The van der Waals surface area contributed by atoms with Crippen LogP contribution in [-0.4, -0.2) is 43.6 Å². The van der Waals surface area contributed by atoms with Crippen LogP contribution in [0.15, 0.2) is 24.8 Å². The molecule has 0 atom stereocenters. The number of hydrogen-bond acceptors (Lipinski definition) is 5. The van der Waals surface area contributed by atoms with Crippen LogP contribution < -0.4 is 5.32 Å². The van der Waals surface area contributed by atoms with Crippen LogP contribution in [-0.2, 0) is 13.1 Å². The van der Waals surface area contributed by atoms with Crippen LogP contribution in [0.3, 0.4) is 0 Å². The number of carbonyl (C=O) groups excluding carboxylic acids is 1. The molecule has 3 rings (SSSR count). The van der Waals surface area contributed by atoms with Crippen molar-refractivity contribution in [3.8, 4) is 0 Å². The first-order valence-corrected chi connectivity index (χ1v) is 7.13. The molecule has 0 aliphatic carbocycles. The van der Waals surface area contributed by atoms with Gasteiger partial charge in [0.25, 0.3) is 5.91 Å². The lowest BCUT2D eigenvalue weighted by molar-refractivity contribution is 0.0708. The third kappa shape index (κ3) is 2.72. The molecule has 2 aromatic heterocycles. The fourth-order valence-electron chi connectivity index (χ4n) is 2.39. The number of aromatic nitrogens is 4. The third-order valence-electron chi connectivity index (χ3n) is 3.54. The molecule has 0 saturated carbocycles. The Morgan fingerprint density at radius 1 is 1.43 bits per heavy atom. The predicted octanol–water partition coefficient (Wildman–Crippen LogP) is 1.15. The zero-order valence-corrected chi connectivity index (χ0v) is 12.0. The molecule has 110 valence electrons. The maximum absolute atomic E-state index is 12.7. The maximum Gasteiger partial charge on any atom is 0.257 e. The molecule has 21 heavy (non-hydrogen) atoms. The number of carbonyl (C=O) groups is 1. The van der Waals surface area contributed by atoms with Crippen LogP contribution in [0, 0.1) is 0 Å². The maximum atomic E-state index is 12.7. The number of hydrogen-bond donors (Lipinski definition) is 1. The number of pyridine rings is 1. The van der Waals surface area contributed by atoms with Gasteiger partial charge in [-0.1, -0.05) is 6.92 Å². The number of nitrogens with one attached hydrogen (secondary N) is 1. The van der Waals surface area contributed by atoms with Gasteiger partial charge in [0.2, 0.25) is 0 Å². The van der Waals surface area contributed by atoms with Crippen molar-refractivity contribution in [2.24, 2.45) is 0 Å². The molecule has 0 unspecified atom stereocenters. The summed E-state index contributed by atoms with van der Waals surface area (Å²) in [4.78, 5) is 18.6. The highest BCUT2D eigenvalue weighted by atomic mass is 16.2. The summed E-state index contributed by atoms with van der Waals surface area (Å²) in [5.74, 6) is 0.803. The van der Waals surface area contributed by atoms with E-state index < -0.39 is 0 Å². The van der Waals surface area contributed by atoms with Crippen molar-refractivity contribution in [2.75, 3.05) is 18.4 Å². The lowest BCUT2D eigenvalue weighted by Crippen LogP contribution is -2.38. The summed E-state index contributed by atoms with van der Waals surface area (Å²) < 4.78 is 1.98. The van der Waals surface area contributed by atoms with Gasteiger partial charge in [0.05, 0.1) is 17.8 Å². The quantitative estimate of drug-likeness (QED) is 0.912. The first-order valence-electron chi connectivity index (χ1n) is 7.13. The smallest absolute Gasteiger partial charge is 0.257 e. The lowest BCUT2D eigenvalue weighted by atomic mass is 10.2. The highest BCUT2D eigenvalue weighted by Crippen LogP contribution is 2.19. The van der Waals surface area contributed by atoms with E-state index in [0.29, 0.717) is 18.7 Å². The Balaban J connectivity index is 1.80. The Morgan fingerprint density at radius 2 is 2.33 bits per heavy atom. The van der Waals surface area contributed by atoms with Crippen LogP contribution in [0.1, 0.15) is 29.5 Å². The Hall–Kier alpha value is -2.44. The topological polar surface area (TPSA) is 75.9 Å². The number of fused-ring (bicyclic) bond motifs is 1. The summed E-state index contributed by atoms with van der Waals surface area (Å²) in [7, 11) is 0. The van der Waals surface area contributed by atoms with Crippen LogP contribution in [0.4, 0.5) is 5.69 Å². The summed E-state index contributed by atoms with van der Waals surface area (Å²) in [6.07, 6.45) is 6.03. The van der Waals surface area contributed by atoms with Gasteiger partial charge in [-0.25, -0.2) is 0 Å². The zero-order chi connectivity index (χ0) is 14.7.